The minimum Gasteiger partial charge on any atom is -0.480 e. The van der Waals surface area contributed by atoms with Crippen molar-refractivity contribution >= 4 is 11.9 Å². The van der Waals surface area contributed by atoms with Crippen LogP contribution in [0.1, 0.15) is 0 Å². The van der Waals surface area contributed by atoms with E-state index in [9.17, 15) is 4.79 Å². The van der Waals surface area contributed by atoms with Gasteiger partial charge in [-0.1, -0.05) is 0 Å². The average Bonchev–Trinajstić information content (AvgIpc) is 2.35. The standard InChI is InChI=1S/C6H12O7.C2H4O3/c7-1-2(8)3(9)4(10)5(11)6(12)13;3-1-2(4)5/h2-5,7-11H,1H2,(H,12,13);3H,1H2,(H,4,5). The predicted octanol–water partition coefficient (Wildman–Crippen LogP) is -4.43. The number of hydrogen-bond acceptors (Lipinski definition) is 8. The molecule has 0 aromatic carbocycles. The van der Waals surface area contributed by atoms with Gasteiger partial charge in [-0.25, -0.2) is 9.59 Å². The van der Waals surface area contributed by atoms with Crippen molar-refractivity contribution in [3.8, 4) is 0 Å². The monoisotopic (exact) mass is 272 g/mol. The molecule has 0 amide bonds. The first-order valence-corrected chi connectivity index (χ1v) is 4.57. The highest BCUT2D eigenvalue weighted by molar-refractivity contribution is 5.72. The van der Waals surface area contributed by atoms with Crippen LogP contribution in [0.3, 0.4) is 0 Å². The summed E-state index contributed by atoms with van der Waals surface area (Å²) in [6, 6.07) is 0. The van der Waals surface area contributed by atoms with Gasteiger partial charge < -0.3 is 40.9 Å². The molecule has 0 heterocycles. The lowest BCUT2D eigenvalue weighted by Crippen LogP contribution is -2.48. The van der Waals surface area contributed by atoms with E-state index in [0.29, 0.717) is 0 Å². The van der Waals surface area contributed by atoms with Gasteiger partial charge in [0.15, 0.2) is 6.10 Å². The van der Waals surface area contributed by atoms with Gasteiger partial charge in [0.2, 0.25) is 0 Å². The second kappa shape index (κ2) is 9.70. The smallest absolute Gasteiger partial charge is 0.335 e. The van der Waals surface area contributed by atoms with E-state index in [1.165, 1.54) is 0 Å². The lowest BCUT2D eigenvalue weighted by atomic mass is 10.0. The molecule has 0 fully saturated rings. The van der Waals surface area contributed by atoms with Gasteiger partial charge in [-0.2, -0.15) is 0 Å². The maximum absolute atomic E-state index is 10.1. The molecular formula is C8H16O10. The summed E-state index contributed by atoms with van der Waals surface area (Å²) >= 11 is 0. The van der Waals surface area contributed by atoms with E-state index in [0.717, 1.165) is 0 Å². The van der Waals surface area contributed by atoms with Crippen molar-refractivity contribution < 1.29 is 50.4 Å². The van der Waals surface area contributed by atoms with Crippen molar-refractivity contribution in [2.24, 2.45) is 0 Å². The zero-order valence-corrected chi connectivity index (χ0v) is 9.12. The first-order valence-electron chi connectivity index (χ1n) is 4.57. The number of carbonyl (C=O) groups is 2. The quantitative estimate of drug-likeness (QED) is 0.233. The van der Waals surface area contributed by atoms with Crippen LogP contribution in [0, 0.1) is 0 Å². The normalized spacial score (nSPS) is 16.8. The van der Waals surface area contributed by atoms with E-state index >= 15 is 0 Å². The molecule has 10 heteroatoms. The van der Waals surface area contributed by atoms with Gasteiger partial charge in [-0.15, -0.1) is 0 Å². The molecule has 0 rings (SSSR count). The maximum Gasteiger partial charge on any atom is 0.335 e. The lowest BCUT2D eigenvalue weighted by molar-refractivity contribution is -0.164. The van der Waals surface area contributed by atoms with E-state index in [4.69, 9.17) is 45.6 Å². The van der Waals surface area contributed by atoms with Crippen molar-refractivity contribution in [1.29, 1.82) is 0 Å². The third-order valence-corrected chi connectivity index (χ3v) is 1.64. The summed E-state index contributed by atoms with van der Waals surface area (Å²) in [5.74, 6) is -2.92. The minimum atomic E-state index is -2.20. The highest BCUT2D eigenvalue weighted by atomic mass is 16.4. The fourth-order valence-corrected chi connectivity index (χ4v) is 0.668. The van der Waals surface area contributed by atoms with Gasteiger partial charge >= 0.3 is 11.9 Å². The Labute approximate surface area is 101 Å². The Morgan fingerprint density at radius 1 is 0.889 bits per heavy atom. The number of aliphatic hydroxyl groups is 6. The molecule has 108 valence electrons. The van der Waals surface area contributed by atoms with Crippen LogP contribution in [0.4, 0.5) is 0 Å². The van der Waals surface area contributed by atoms with E-state index in [1.807, 2.05) is 0 Å². The molecule has 4 atom stereocenters. The van der Waals surface area contributed by atoms with Crippen LogP contribution in [-0.2, 0) is 9.59 Å². The molecule has 0 aliphatic carbocycles. The lowest BCUT2D eigenvalue weighted by Gasteiger charge is -2.23. The Kier molecular flexibility index (Phi) is 10.3. The van der Waals surface area contributed by atoms with E-state index in [2.05, 4.69) is 0 Å². The summed E-state index contributed by atoms with van der Waals surface area (Å²) in [4.78, 5) is 19.2. The molecule has 0 bridgehead atoms. The van der Waals surface area contributed by atoms with Gasteiger partial charge in [0.25, 0.3) is 0 Å². The fourth-order valence-electron chi connectivity index (χ4n) is 0.668. The molecule has 0 aromatic rings. The Hall–Kier alpha value is -1.30. The van der Waals surface area contributed by atoms with Crippen LogP contribution in [0.15, 0.2) is 0 Å². The molecule has 0 saturated carbocycles. The van der Waals surface area contributed by atoms with Crippen molar-refractivity contribution in [3.63, 3.8) is 0 Å². The van der Waals surface area contributed by atoms with Gasteiger partial charge in [0, 0.05) is 0 Å². The fraction of sp³-hybridized carbons (Fsp3) is 0.750. The molecule has 4 unspecified atom stereocenters. The van der Waals surface area contributed by atoms with Crippen molar-refractivity contribution in [1.82, 2.24) is 0 Å². The summed E-state index contributed by atoms with van der Waals surface area (Å²) in [5, 5.41) is 66.8. The second-order valence-electron chi connectivity index (χ2n) is 3.07. The number of carboxylic acid groups (broad SMARTS) is 2. The van der Waals surface area contributed by atoms with Crippen LogP contribution in [0.2, 0.25) is 0 Å². The minimum absolute atomic E-state index is 0.778. The maximum atomic E-state index is 10.1. The van der Waals surface area contributed by atoms with E-state index in [1.54, 1.807) is 0 Å². The molecule has 18 heavy (non-hydrogen) atoms. The summed E-state index contributed by atoms with van der Waals surface area (Å²) < 4.78 is 0. The highest BCUT2D eigenvalue weighted by Crippen LogP contribution is 2.04. The first kappa shape index (κ1) is 19.0. The van der Waals surface area contributed by atoms with Crippen LogP contribution >= 0.6 is 0 Å². The molecule has 0 spiro atoms. The SMILES string of the molecule is O=C(O)C(O)C(O)C(O)C(O)CO.O=C(O)CO. The number of aliphatic carboxylic acids is 2. The molecule has 10 nitrogen and oxygen atoms in total. The second-order valence-corrected chi connectivity index (χ2v) is 3.07. The topological polar surface area (TPSA) is 196 Å². The van der Waals surface area contributed by atoms with Crippen LogP contribution in [0.5, 0.6) is 0 Å². The number of aliphatic hydroxyl groups excluding tert-OH is 6. The van der Waals surface area contributed by atoms with Gasteiger partial charge in [0.05, 0.1) is 6.61 Å². The summed E-state index contributed by atoms with van der Waals surface area (Å²) in [5.41, 5.74) is 0. The average molecular weight is 272 g/mol. The predicted molar refractivity (Wildman–Crippen MR) is 53.5 cm³/mol. The van der Waals surface area contributed by atoms with Crippen molar-refractivity contribution in [3.05, 3.63) is 0 Å². The number of hydrogen-bond donors (Lipinski definition) is 8. The summed E-state index contributed by atoms with van der Waals surface area (Å²) in [6.07, 6.45) is -7.84. The van der Waals surface area contributed by atoms with E-state index in [-0.39, 0.29) is 0 Å². The van der Waals surface area contributed by atoms with Crippen LogP contribution in [-0.4, -0.2) is 90.4 Å². The first-order chi connectivity index (χ1) is 8.18. The Bertz CT molecular complexity index is 254. The van der Waals surface area contributed by atoms with Gasteiger partial charge in [-0.05, 0) is 0 Å². The molecule has 0 aromatic heterocycles. The molecular weight excluding hydrogens is 256 g/mol. The van der Waals surface area contributed by atoms with Crippen molar-refractivity contribution in [2.75, 3.05) is 13.2 Å². The number of rotatable bonds is 6. The molecule has 0 aliphatic heterocycles. The van der Waals surface area contributed by atoms with Crippen LogP contribution in [0.25, 0.3) is 0 Å². The Balaban J connectivity index is 0. The van der Waals surface area contributed by atoms with E-state index < -0.39 is 49.6 Å². The summed E-state index contributed by atoms with van der Waals surface area (Å²) in [6.45, 7) is -1.62. The molecule has 0 radical (unpaired) electrons. The zero-order chi connectivity index (χ0) is 14.9. The Morgan fingerprint density at radius 2 is 1.28 bits per heavy atom. The summed E-state index contributed by atoms with van der Waals surface area (Å²) in [7, 11) is 0. The van der Waals surface area contributed by atoms with Gasteiger partial charge in [0.1, 0.15) is 24.9 Å². The highest BCUT2D eigenvalue weighted by Gasteiger charge is 2.33. The Morgan fingerprint density at radius 3 is 1.50 bits per heavy atom. The zero-order valence-electron chi connectivity index (χ0n) is 9.12. The third kappa shape index (κ3) is 7.89. The van der Waals surface area contributed by atoms with Crippen molar-refractivity contribution in [2.45, 2.75) is 24.4 Å². The molecule has 0 saturated heterocycles. The third-order valence-electron chi connectivity index (χ3n) is 1.64. The largest absolute Gasteiger partial charge is 0.480 e. The van der Waals surface area contributed by atoms with Gasteiger partial charge in [-0.3, -0.25) is 0 Å². The number of carboxylic acids is 2. The van der Waals surface area contributed by atoms with Crippen LogP contribution < -0.4 is 0 Å². The molecule has 8 N–H and O–H groups in total. The molecule has 0 aliphatic rings.